The molecule has 0 aliphatic rings. The molecule has 0 aromatic heterocycles. The molecule has 0 radical (unpaired) electrons. The molecule has 0 fully saturated rings. The summed E-state index contributed by atoms with van der Waals surface area (Å²) >= 11 is 3.12. The summed E-state index contributed by atoms with van der Waals surface area (Å²) in [6.45, 7) is 1.35. The van der Waals surface area contributed by atoms with E-state index in [1.54, 1.807) is 6.92 Å². The number of hydrogen-bond donors (Lipinski definition) is 1. The van der Waals surface area contributed by atoms with Crippen LogP contribution in [0.5, 0.6) is 0 Å². The summed E-state index contributed by atoms with van der Waals surface area (Å²) in [5.74, 6) is -1.02. The summed E-state index contributed by atoms with van der Waals surface area (Å²) in [7, 11) is 0. The lowest BCUT2D eigenvalue weighted by Gasteiger charge is -1.94. The van der Waals surface area contributed by atoms with Crippen molar-refractivity contribution in [3.05, 3.63) is 0 Å². The van der Waals surface area contributed by atoms with Crippen LogP contribution in [0, 0.1) is 0 Å². The molecule has 1 N–H and O–H groups in total. The van der Waals surface area contributed by atoms with E-state index in [0.29, 0.717) is 11.0 Å². The van der Waals surface area contributed by atoms with E-state index in [1.165, 1.54) is 0 Å². The molecule has 0 saturated heterocycles. The Morgan fingerprint density at radius 2 is 2.40 bits per heavy atom. The van der Waals surface area contributed by atoms with Crippen LogP contribution in [-0.4, -0.2) is 28.7 Å². The Morgan fingerprint density at radius 3 is 2.80 bits per heavy atom. The molecule has 10 heavy (non-hydrogen) atoms. The van der Waals surface area contributed by atoms with Crippen molar-refractivity contribution in [3.63, 3.8) is 0 Å². The van der Waals surface area contributed by atoms with E-state index in [-0.39, 0.29) is 6.61 Å². The van der Waals surface area contributed by atoms with Gasteiger partial charge in [-0.2, -0.15) is 0 Å². The van der Waals surface area contributed by atoms with Crippen LogP contribution in [0.15, 0.2) is 5.16 Å². The van der Waals surface area contributed by atoms with Crippen molar-refractivity contribution in [1.82, 2.24) is 0 Å². The lowest BCUT2D eigenvalue weighted by Crippen LogP contribution is -2.05. The highest BCUT2D eigenvalue weighted by molar-refractivity contribution is 9.09. The lowest BCUT2D eigenvalue weighted by molar-refractivity contribution is -0.142. The summed E-state index contributed by atoms with van der Waals surface area (Å²) in [5.41, 5.74) is 0.709. The molecule has 0 unspecified atom stereocenters. The molecule has 0 aliphatic carbocycles. The minimum atomic E-state index is -1.02. The van der Waals surface area contributed by atoms with Gasteiger partial charge in [-0.15, -0.1) is 0 Å². The zero-order valence-electron chi connectivity index (χ0n) is 5.50. The number of carbonyl (C=O) groups is 1. The molecule has 5 heteroatoms. The van der Waals surface area contributed by atoms with Crippen molar-refractivity contribution in [1.29, 1.82) is 0 Å². The van der Waals surface area contributed by atoms with Crippen LogP contribution in [0.3, 0.4) is 0 Å². The van der Waals surface area contributed by atoms with E-state index >= 15 is 0 Å². The maximum absolute atomic E-state index is 9.86. The monoisotopic (exact) mass is 209 g/mol. The summed E-state index contributed by atoms with van der Waals surface area (Å²) in [6, 6.07) is 0. The molecule has 0 atom stereocenters. The molecule has 0 spiro atoms. The van der Waals surface area contributed by atoms with Crippen molar-refractivity contribution < 1.29 is 14.7 Å². The molecule has 0 heterocycles. The molecule has 0 aromatic rings. The second-order valence-electron chi connectivity index (χ2n) is 1.63. The first-order valence-corrected chi connectivity index (χ1v) is 3.72. The van der Waals surface area contributed by atoms with E-state index in [4.69, 9.17) is 5.11 Å². The third kappa shape index (κ3) is 5.55. The van der Waals surface area contributed by atoms with Gasteiger partial charge in [-0.05, 0) is 6.92 Å². The summed E-state index contributed by atoms with van der Waals surface area (Å²) in [6.07, 6.45) is 0. The molecule has 0 aromatic carbocycles. The average molecular weight is 210 g/mol. The second kappa shape index (κ2) is 5.22. The van der Waals surface area contributed by atoms with Crippen molar-refractivity contribution in [3.8, 4) is 0 Å². The van der Waals surface area contributed by atoms with Gasteiger partial charge in [-0.25, -0.2) is 4.79 Å². The highest BCUT2D eigenvalue weighted by Gasteiger charge is 1.94. The van der Waals surface area contributed by atoms with E-state index in [9.17, 15) is 4.79 Å². The number of hydrogen-bond acceptors (Lipinski definition) is 3. The van der Waals surface area contributed by atoms with Gasteiger partial charge in [0.05, 0.1) is 5.71 Å². The Morgan fingerprint density at radius 1 is 1.80 bits per heavy atom. The van der Waals surface area contributed by atoms with Crippen LogP contribution in [0.25, 0.3) is 0 Å². The minimum absolute atomic E-state index is 0.385. The van der Waals surface area contributed by atoms with E-state index in [2.05, 4.69) is 25.9 Å². The number of carboxylic acids is 1. The van der Waals surface area contributed by atoms with Gasteiger partial charge in [0.1, 0.15) is 0 Å². The standard InChI is InChI=1S/C5H8BrNO3/c1-4(2-6)7-10-3-5(8)9/h2-3H2,1H3,(H,8,9). The number of halogens is 1. The summed E-state index contributed by atoms with van der Waals surface area (Å²) < 4.78 is 0. The molecule has 58 valence electrons. The number of aliphatic carboxylic acids is 1. The molecule has 0 saturated carbocycles. The van der Waals surface area contributed by atoms with E-state index in [1.807, 2.05) is 0 Å². The van der Waals surface area contributed by atoms with Gasteiger partial charge in [0.2, 0.25) is 6.61 Å². The predicted octanol–water partition coefficient (Wildman–Crippen LogP) is 0.858. The molecule has 0 rings (SSSR count). The Labute approximate surface area is 67.0 Å². The summed E-state index contributed by atoms with van der Waals surface area (Å²) in [5, 5.41) is 12.2. The average Bonchev–Trinajstić information content (AvgIpc) is 1.87. The third-order valence-corrected chi connectivity index (χ3v) is 1.41. The normalized spacial score (nSPS) is 11.2. The SMILES string of the molecule is CC(CBr)=NOCC(=O)O. The van der Waals surface area contributed by atoms with Crippen LogP contribution in [0.4, 0.5) is 0 Å². The second-order valence-corrected chi connectivity index (χ2v) is 2.19. The van der Waals surface area contributed by atoms with Gasteiger partial charge in [0, 0.05) is 5.33 Å². The van der Waals surface area contributed by atoms with Crippen LogP contribution < -0.4 is 0 Å². The Kier molecular flexibility index (Phi) is 4.92. The van der Waals surface area contributed by atoms with E-state index < -0.39 is 5.97 Å². The number of nitrogens with zero attached hydrogens (tertiary/aromatic N) is 1. The Hall–Kier alpha value is -0.580. The first-order valence-electron chi connectivity index (χ1n) is 2.60. The topological polar surface area (TPSA) is 58.9 Å². The highest BCUT2D eigenvalue weighted by Crippen LogP contribution is 1.86. The third-order valence-electron chi connectivity index (χ3n) is 0.602. The van der Waals surface area contributed by atoms with Crippen molar-refractivity contribution in [2.45, 2.75) is 6.92 Å². The van der Waals surface area contributed by atoms with Crippen LogP contribution >= 0.6 is 15.9 Å². The maximum atomic E-state index is 9.86. The minimum Gasteiger partial charge on any atom is -0.479 e. The largest absolute Gasteiger partial charge is 0.479 e. The lowest BCUT2D eigenvalue weighted by atomic mass is 10.5. The number of oxime groups is 1. The van der Waals surface area contributed by atoms with Gasteiger partial charge in [-0.1, -0.05) is 21.1 Å². The fourth-order valence-corrected chi connectivity index (χ4v) is 0.324. The van der Waals surface area contributed by atoms with Crippen molar-refractivity contribution in [2.75, 3.05) is 11.9 Å². The first-order chi connectivity index (χ1) is 4.66. The maximum Gasteiger partial charge on any atom is 0.344 e. The molecular weight excluding hydrogens is 202 g/mol. The molecular formula is C5H8BrNO3. The Balaban J connectivity index is 3.43. The van der Waals surface area contributed by atoms with E-state index in [0.717, 1.165) is 0 Å². The first kappa shape index (κ1) is 9.42. The molecule has 0 amide bonds. The number of alkyl halides is 1. The van der Waals surface area contributed by atoms with Gasteiger partial charge in [0.25, 0.3) is 0 Å². The van der Waals surface area contributed by atoms with Gasteiger partial charge in [0.15, 0.2) is 0 Å². The quantitative estimate of drug-likeness (QED) is 0.425. The van der Waals surface area contributed by atoms with Crippen molar-refractivity contribution >= 4 is 27.6 Å². The zero-order chi connectivity index (χ0) is 7.98. The Bertz CT molecular complexity index is 146. The van der Waals surface area contributed by atoms with Crippen LogP contribution in [0.1, 0.15) is 6.92 Å². The van der Waals surface area contributed by atoms with Crippen LogP contribution in [0.2, 0.25) is 0 Å². The smallest absolute Gasteiger partial charge is 0.344 e. The summed E-state index contributed by atoms with van der Waals surface area (Å²) in [4.78, 5) is 14.3. The fraction of sp³-hybridized carbons (Fsp3) is 0.600. The van der Waals surface area contributed by atoms with Gasteiger partial charge >= 0.3 is 5.97 Å². The molecule has 0 bridgehead atoms. The van der Waals surface area contributed by atoms with Gasteiger partial charge < -0.3 is 9.94 Å². The molecule has 4 nitrogen and oxygen atoms in total. The number of carboxylic acid groups (broad SMARTS) is 1. The van der Waals surface area contributed by atoms with Crippen LogP contribution in [-0.2, 0) is 9.63 Å². The molecule has 0 aliphatic heterocycles. The van der Waals surface area contributed by atoms with Gasteiger partial charge in [-0.3, -0.25) is 0 Å². The highest BCUT2D eigenvalue weighted by atomic mass is 79.9. The van der Waals surface area contributed by atoms with Crippen molar-refractivity contribution in [2.24, 2.45) is 5.16 Å². The zero-order valence-corrected chi connectivity index (χ0v) is 7.09. The fourth-order valence-electron chi connectivity index (χ4n) is 0.222. The predicted molar refractivity (Wildman–Crippen MR) is 40.5 cm³/mol. The number of rotatable bonds is 4.